The molecular weight excluding hydrogens is 336 g/mol. The van der Waals surface area contributed by atoms with Gasteiger partial charge in [-0.15, -0.1) is 0 Å². The fourth-order valence-electron chi connectivity index (χ4n) is 5.23. The van der Waals surface area contributed by atoms with Gasteiger partial charge in [-0.25, -0.2) is 0 Å². The molecule has 0 aliphatic carbocycles. The second-order valence-electron chi connectivity index (χ2n) is 8.96. The van der Waals surface area contributed by atoms with Crippen LogP contribution in [-0.4, -0.2) is 49.6 Å². The largest absolute Gasteiger partial charge is 0.342 e. The number of likely N-dealkylation sites (tertiary alicyclic amines) is 1. The number of rotatable bonds is 4. The average molecular weight is 371 g/mol. The summed E-state index contributed by atoms with van der Waals surface area (Å²) in [7, 11) is 0. The number of hydrazine groups is 1. The second kappa shape index (κ2) is 8.29. The van der Waals surface area contributed by atoms with E-state index in [1.807, 2.05) is 0 Å². The van der Waals surface area contributed by atoms with Crippen molar-refractivity contribution in [2.45, 2.75) is 45.1 Å². The molecule has 0 radical (unpaired) electrons. The lowest BCUT2D eigenvalue weighted by atomic mass is 9.77. The number of hydrogen-bond donors (Lipinski definition) is 3. The Morgan fingerprint density at radius 2 is 2.00 bits per heavy atom. The van der Waals surface area contributed by atoms with E-state index in [0.717, 1.165) is 58.4 Å². The summed E-state index contributed by atoms with van der Waals surface area (Å²) in [5.41, 5.74) is 8.18. The molecule has 4 rings (SSSR count). The molecule has 3 aliphatic rings. The van der Waals surface area contributed by atoms with Gasteiger partial charge in [0.15, 0.2) is 0 Å². The quantitative estimate of drug-likeness (QED) is 0.758. The molecular formula is C22H34N4O. The summed E-state index contributed by atoms with van der Waals surface area (Å²) in [6, 6.07) is 11.2. The predicted octanol–water partition coefficient (Wildman–Crippen LogP) is 1.95. The number of nitrogens with one attached hydrogen (secondary N) is 3. The van der Waals surface area contributed by atoms with Crippen LogP contribution in [0.15, 0.2) is 30.3 Å². The minimum Gasteiger partial charge on any atom is -0.342 e. The molecule has 0 spiro atoms. The maximum absolute atomic E-state index is 13.3. The van der Waals surface area contributed by atoms with Crippen molar-refractivity contribution in [3.05, 3.63) is 35.9 Å². The third-order valence-corrected chi connectivity index (χ3v) is 6.96. The smallest absolute Gasteiger partial charge is 0.228 e. The average Bonchev–Trinajstić information content (AvgIpc) is 3.17. The molecule has 3 atom stereocenters. The third-order valence-electron chi connectivity index (χ3n) is 6.96. The SMILES string of the molecule is CC1(C(=O)N2CCCC(C3NNCC3Cc3ccccc3)C2)CCNCC1. The molecule has 3 unspecified atom stereocenters. The molecule has 3 N–H and O–H groups in total. The minimum absolute atomic E-state index is 0.169. The monoisotopic (exact) mass is 370 g/mol. The van der Waals surface area contributed by atoms with Gasteiger partial charge < -0.3 is 10.2 Å². The molecule has 148 valence electrons. The molecule has 3 aliphatic heterocycles. The summed E-state index contributed by atoms with van der Waals surface area (Å²) in [6.45, 7) is 6.95. The van der Waals surface area contributed by atoms with Crippen LogP contribution in [0, 0.1) is 17.3 Å². The summed E-state index contributed by atoms with van der Waals surface area (Å²) in [5, 5.41) is 3.39. The highest BCUT2D eigenvalue weighted by Gasteiger charge is 2.41. The highest BCUT2D eigenvalue weighted by Crippen LogP contribution is 2.34. The van der Waals surface area contributed by atoms with Crippen molar-refractivity contribution in [1.82, 2.24) is 21.1 Å². The zero-order valence-corrected chi connectivity index (χ0v) is 16.5. The van der Waals surface area contributed by atoms with Gasteiger partial charge in [-0.2, -0.15) is 0 Å². The number of carbonyl (C=O) groups is 1. The van der Waals surface area contributed by atoms with Crippen molar-refractivity contribution in [3.63, 3.8) is 0 Å². The van der Waals surface area contributed by atoms with Crippen LogP contribution in [0.5, 0.6) is 0 Å². The van der Waals surface area contributed by atoms with Gasteiger partial charge in [0.1, 0.15) is 0 Å². The number of amides is 1. The molecule has 1 amide bonds. The molecule has 5 heteroatoms. The van der Waals surface area contributed by atoms with Gasteiger partial charge in [-0.1, -0.05) is 37.3 Å². The normalized spacial score (nSPS) is 31.0. The van der Waals surface area contributed by atoms with E-state index in [1.165, 1.54) is 12.0 Å². The number of piperidine rings is 2. The molecule has 0 bridgehead atoms. The molecule has 1 aromatic carbocycles. The van der Waals surface area contributed by atoms with Crippen LogP contribution in [0.3, 0.4) is 0 Å². The van der Waals surface area contributed by atoms with Crippen LogP contribution >= 0.6 is 0 Å². The van der Waals surface area contributed by atoms with Crippen LogP contribution in [0.1, 0.15) is 38.2 Å². The zero-order valence-electron chi connectivity index (χ0n) is 16.5. The summed E-state index contributed by atoms with van der Waals surface area (Å²) in [5.74, 6) is 1.51. The van der Waals surface area contributed by atoms with Crippen molar-refractivity contribution in [2.75, 3.05) is 32.7 Å². The van der Waals surface area contributed by atoms with E-state index >= 15 is 0 Å². The van der Waals surface area contributed by atoms with Crippen LogP contribution in [0.25, 0.3) is 0 Å². The molecule has 3 saturated heterocycles. The molecule has 3 heterocycles. The Morgan fingerprint density at radius 3 is 2.78 bits per heavy atom. The van der Waals surface area contributed by atoms with Gasteiger partial charge in [0.25, 0.3) is 0 Å². The van der Waals surface area contributed by atoms with Crippen LogP contribution < -0.4 is 16.2 Å². The summed E-state index contributed by atoms with van der Waals surface area (Å²) < 4.78 is 0. The lowest BCUT2D eigenvalue weighted by Gasteiger charge is -2.42. The van der Waals surface area contributed by atoms with E-state index in [9.17, 15) is 4.79 Å². The first kappa shape index (κ1) is 18.9. The Hall–Kier alpha value is -1.43. The fraction of sp³-hybridized carbons (Fsp3) is 0.682. The van der Waals surface area contributed by atoms with Gasteiger partial charge >= 0.3 is 0 Å². The Bertz CT molecular complexity index is 628. The first-order chi connectivity index (χ1) is 13.2. The topological polar surface area (TPSA) is 56.4 Å². The van der Waals surface area contributed by atoms with Crippen LogP contribution in [0.4, 0.5) is 0 Å². The van der Waals surface area contributed by atoms with E-state index in [-0.39, 0.29) is 5.41 Å². The lowest BCUT2D eigenvalue weighted by molar-refractivity contribution is -0.145. The van der Waals surface area contributed by atoms with Gasteiger partial charge in [0.05, 0.1) is 0 Å². The lowest BCUT2D eigenvalue weighted by Crippen LogP contribution is -2.53. The van der Waals surface area contributed by atoms with E-state index in [0.29, 0.717) is 23.8 Å². The maximum Gasteiger partial charge on any atom is 0.228 e. The molecule has 1 aromatic rings. The van der Waals surface area contributed by atoms with Crippen molar-refractivity contribution in [2.24, 2.45) is 17.3 Å². The predicted molar refractivity (Wildman–Crippen MR) is 108 cm³/mol. The number of carbonyl (C=O) groups excluding carboxylic acids is 1. The number of benzene rings is 1. The van der Waals surface area contributed by atoms with E-state index in [4.69, 9.17) is 0 Å². The highest BCUT2D eigenvalue weighted by molar-refractivity contribution is 5.82. The number of nitrogens with zero attached hydrogens (tertiary/aromatic N) is 1. The zero-order chi connectivity index (χ0) is 18.7. The molecule has 5 nitrogen and oxygen atoms in total. The molecule has 0 aromatic heterocycles. The van der Waals surface area contributed by atoms with Gasteiger partial charge in [0.2, 0.25) is 5.91 Å². The highest BCUT2D eigenvalue weighted by atomic mass is 16.2. The van der Waals surface area contributed by atoms with Crippen molar-refractivity contribution in [3.8, 4) is 0 Å². The summed E-state index contributed by atoms with van der Waals surface area (Å²) in [6.07, 6.45) is 5.37. The Labute approximate surface area is 163 Å². The first-order valence-electron chi connectivity index (χ1n) is 10.7. The molecule has 27 heavy (non-hydrogen) atoms. The first-order valence-corrected chi connectivity index (χ1v) is 10.7. The molecule has 0 saturated carbocycles. The summed E-state index contributed by atoms with van der Waals surface area (Å²) in [4.78, 5) is 15.4. The maximum atomic E-state index is 13.3. The Balaban J connectivity index is 1.40. The standard InChI is InChI=1S/C22H34N4O/c1-22(9-11-23-12-10-22)21(27)26-13-5-8-18(16-26)20-19(15-24-25-20)14-17-6-3-2-4-7-17/h2-4,6-7,18-20,23-25H,5,8-16H2,1H3. The van der Waals surface area contributed by atoms with Crippen LogP contribution in [-0.2, 0) is 11.2 Å². The third kappa shape index (κ3) is 4.20. The molecule has 3 fully saturated rings. The van der Waals surface area contributed by atoms with Crippen molar-refractivity contribution < 1.29 is 4.79 Å². The summed E-state index contributed by atoms with van der Waals surface area (Å²) >= 11 is 0. The minimum atomic E-state index is -0.169. The fourth-order valence-corrected chi connectivity index (χ4v) is 5.23. The Kier molecular flexibility index (Phi) is 5.81. The van der Waals surface area contributed by atoms with Gasteiger partial charge in [-0.3, -0.25) is 15.6 Å². The van der Waals surface area contributed by atoms with E-state index in [2.05, 4.69) is 58.3 Å². The van der Waals surface area contributed by atoms with E-state index < -0.39 is 0 Å². The van der Waals surface area contributed by atoms with E-state index in [1.54, 1.807) is 0 Å². The van der Waals surface area contributed by atoms with Crippen molar-refractivity contribution in [1.29, 1.82) is 0 Å². The number of hydrogen-bond acceptors (Lipinski definition) is 4. The van der Waals surface area contributed by atoms with Crippen LogP contribution in [0.2, 0.25) is 0 Å². The van der Waals surface area contributed by atoms with Gasteiger partial charge in [-0.05, 0) is 62.6 Å². The Morgan fingerprint density at radius 1 is 1.22 bits per heavy atom. The van der Waals surface area contributed by atoms with Crippen molar-refractivity contribution >= 4 is 5.91 Å². The van der Waals surface area contributed by atoms with Gasteiger partial charge in [0, 0.05) is 31.1 Å². The second-order valence-corrected chi connectivity index (χ2v) is 8.96.